The van der Waals surface area contributed by atoms with Gasteiger partial charge in [-0.25, -0.2) is 8.78 Å². The van der Waals surface area contributed by atoms with E-state index in [0.29, 0.717) is 0 Å². The molecule has 1 heterocycles. The average molecular weight is 192 g/mol. The molecule has 0 amide bonds. The summed E-state index contributed by atoms with van der Waals surface area (Å²) in [6.07, 6.45) is 0.754. The smallest absolute Gasteiger partial charge is 0.244 e. The number of rotatable bonds is 3. The first-order valence-electron chi connectivity index (χ1n) is 4.85. The molecule has 2 unspecified atom stereocenters. The van der Waals surface area contributed by atoms with Crippen LogP contribution in [-0.2, 0) is 0 Å². The number of hydrogen-bond acceptors (Lipinski definition) is 2. The molecule has 0 spiro atoms. The van der Waals surface area contributed by atoms with Crippen molar-refractivity contribution in [3.8, 4) is 0 Å². The molecule has 1 aliphatic heterocycles. The quantitative estimate of drug-likeness (QED) is 0.730. The van der Waals surface area contributed by atoms with Crippen LogP contribution in [0.25, 0.3) is 0 Å². The molecule has 0 aromatic carbocycles. The lowest BCUT2D eigenvalue weighted by Gasteiger charge is -2.37. The zero-order chi connectivity index (χ0) is 9.84. The van der Waals surface area contributed by atoms with Crippen LogP contribution in [0.1, 0.15) is 19.3 Å². The summed E-state index contributed by atoms with van der Waals surface area (Å²) in [4.78, 5) is 2.02. The molecule has 78 valence electrons. The summed E-state index contributed by atoms with van der Waals surface area (Å²) in [7, 11) is 1.91. The highest BCUT2D eigenvalue weighted by Gasteiger charge is 2.32. The molecule has 0 aromatic heterocycles. The first-order chi connectivity index (χ1) is 6.16. The summed E-state index contributed by atoms with van der Waals surface area (Å²) in [5.74, 6) is -0.648. The van der Waals surface area contributed by atoms with Crippen LogP contribution < -0.4 is 5.73 Å². The van der Waals surface area contributed by atoms with Crippen LogP contribution >= 0.6 is 0 Å². The van der Waals surface area contributed by atoms with Gasteiger partial charge in [0.15, 0.2) is 0 Å². The maximum Gasteiger partial charge on any atom is 0.244 e. The number of halogens is 2. The number of likely N-dealkylation sites (tertiary alicyclic amines) is 1. The second-order valence-corrected chi connectivity index (χ2v) is 3.78. The Bertz CT molecular complexity index is 153. The van der Waals surface area contributed by atoms with Crippen LogP contribution in [0.2, 0.25) is 0 Å². The van der Waals surface area contributed by atoms with Gasteiger partial charge in [-0.1, -0.05) is 6.42 Å². The van der Waals surface area contributed by atoms with Gasteiger partial charge < -0.3 is 10.6 Å². The van der Waals surface area contributed by atoms with Gasteiger partial charge in [0.25, 0.3) is 0 Å². The highest BCUT2D eigenvalue weighted by atomic mass is 19.3. The normalized spacial score (nSPS) is 27.9. The van der Waals surface area contributed by atoms with Crippen LogP contribution in [0.5, 0.6) is 0 Å². The Labute approximate surface area is 78.1 Å². The number of piperidine rings is 1. The molecule has 1 saturated heterocycles. The largest absolute Gasteiger partial charge is 0.330 e. The molecule has 0 radical (unpaired) electrons. The van der Waals surface area contributed by atoms with Crippen molar-refractivity contribution in [2.24, 2.45) is 11.7 Å². The average Bonchev–Trinajstić information content (AvgIpc) is 2.09. The lowest BCUT2D eigenvalue weighted by molar-refractivity contribution is 0.0129. The Morgan fingerprint density at radius 1 is 1.46 bits per heavy atom. The highest BCUT2D eigenvalue weighted by molar-refractivity contribution is 4.83. The Morgan fingerprint density at radius 3 is 2.62 bits per heavy atom. The van der Waals surface area contributed by atoms with Crippen LogP contribution in [-0.4, -0.2) is 37.5 Å². The molecule has 1 fully saturated rings. The van der Waals surface area contributed by atoms with Crippen molar-refractivity contribution >= 4 is 0 Å². The number of alkyl halides is 2. The summed E-state index contributed by atoms with van der Waals surface area (Å²) < 4.78 is 25.1. The molecule has 0 bridgehead atoms. The van der Waals surface area contributed by atoms with Crippen molar-refractivity contribution in [1.29, 1.82) is 0 Å². The first-order valence-corrected chi connectivity index (χ1v) is 4.85. The molecular formula is C9H18F2N2. The van der Waals surface area contributed by atoms with Crippen molar-refractivity contribution < 1.29 is 8.78 Å². The van der Waals surface area contributed by atoms with Gasteiger partial charge in [-0.2, -0.15) is 0 Å². The van der Waals surface area contributed by atoms with Gasteiger partial charge in [-0.05, 0) is 26.4 Å². The maximum absolute atomic E-state index is 12.6. The summed E-state index contributed by atoms with van der Waals surface area (Å²) in [5.41, 5.74) is 5.36. The molecule has 13 heavy (non-hydrogen) atoms. The maximum atomic E-state index is 12.6. The third kappa shape index (κ3) is 2.61. The zero-order valence-electron chi connectivity index (χ0n) is 8.05. The molecule has 2 nitrogen and oxygen atoms in total. The standard InChI is InChI=1S/C9H18F2N2/c1-13-5-3-2-4-8(13)7(6-12)9(10)11/h7-9H,2-6,12H2,1H3. The van der Waals surface area contributed by atoms with E-state index in [0.717, 1.165) is 25.8 Å². The molecule has 4 heteroatoms. The van der Waals surface area contributed by atoms with Gasteiger partial charge in [0.05, 0.1) is 0 Å². The van der Waals surface area contributed by atoms with E-state index in [9.17, 15) is 8.78 Å². The Hall–Kier alpha value is -0.220. The number of nitrogens with two attached hydrogens (primary N) is 1. The molecule has 1 aliphatic rings. The van der Waals surface area contributed by atoms with Crippen molar-refractivity contribution in [3.05, 3.63) is 0 Å². The lowest BCUT2D eigenvalue weighted by atomic mass is 9.91. The molecule has 2 atom stereocenters. The second-order valence-electron chi connectivity index (χ2n) is 3.78. The predicted molar refractivity (Wildman–Crippen MR) is 48.8 cm³/mol. The van der Waals surface area contributed by atoms with E-state index in [-0.39, 0.29) is 12.6 Å². The van der Waals surface area contributed by atoms with Gasteiger partial charge >= 0.3 is 0 Å². The van der Waals surface area contributed by atoms with E-state index < -0.39 is 12.3 Å². The minimum Gasteiger partial charge on any atom is -0.330 e. The Morgan fingerprint density at radius 2 is 2.15 bits per heavy atom. The van der Waals surface area contributed by atoms with Crippen LogP contribution in [0.15, 0.2) is 0 Å². The minimum atomic E-state index is -2.28. The summed E-state index contributed by atoms with van der Waals surface area (Å²) in [5, 5.41) is 0. The van der Waals surface area contributed by atoms with E-state index in [1.54, 1.807) is 0 Å². The topological polar surface area (TPSA) is 29.3 Å². The zero-order valence-corrected chi connectivity index (χ0v) is 8.05. The summed E-state index contributed by atoms with van der Waals surface area (Å²) >= 11 is 0. The fourth-order valence-corrected chi connectivity index (χ4v) is 2.07. The van der Waals surface area contributed by atoms with Gasteiger partial charge in [0.2, 0.25) is 6.43 Å². The van der Waals surface area contributed by atoms with Crippen LogP contribution in [0.4, 0.5) is 8.78 Å². The van der Waals surface area contributed by atoms with Gasteiger partial charge in [-0.3, -0.25) is 0 Å². The van der Waals surface area contributed by atoms with Gasteiger partial charge in [0.1, 0.15) is 0 Å². The summed E-state index contributed by atoms with van der Waals surface area (Å²) in [6.45, 7) is 1.01. The fraction of sp³-hybridized carbons (Fsp3) is 1.00. The van der Waals surface area contributed by atoms with Gasteiger partial charge in [0, 0.05) is 18.5 Å². The molecule has 2 N–H and O–H groups in total. The fourth-order valence-electron chi connectivity index (χ4n) is 2.07. The second kappa shape index (κ2) is 4.86. The number of hydrogen-bond donors (Lipinski definition) is 1. The van der Waals surface area contributed by atoms with E-state index >= 15 is 0 Å². The first kappa shape index (κ1) is 10.9. The highest BCUT2D eigenvalue weighted by Crippen LogP contribution is 2.25. The Kier molecular flexibility index (Phi) is 4.06. The molecule has 0 aliphatic carbocycles. The van der Waals surface area contributed by atoms with Crippen molar-refractivity contribution in [2.45, 2.75) is 31.7 Å². The predicted octanol–water partition coefficient (Wildman–Crippen LogP) is 1.31. The van der Waals surface area contributed by atoms with E-state index in [2.05, 4.69) is 0 Å². The summed E-state index contributed by atoms with van der Waals surface area (Å²) in [6, 6.07) is -0.0150. The molecule has 0 saturated carbocycles. The molecule has 0 aromatic rings. The van der Waals surface area contributed by atoms with Crippen molar-refractivity contribution in [1.82, 2.24) is 4.90 Å². The number of nitrogens with zero attached hydrogens (tertiary/aromatic N) is 1. The third-order valence-electron chi connectivity index (χ3n) is 2.92. The van der Waals surface area contributed by atoms with Crippen LogP contribution in [0, 0.1) is 5.92 Å². The minimum absolute atomic E-state index is 0.0150. The molecular weight excluding hydrogens is 174 g/mol. The van der Waals surface area contributed by atoms with Crippen molar-refractivity contribution in [2.75, 3.05) is 20.1 Å². The van der Waals surface area contributed by atoms with E-state index in [4.69, 9.17) is 5.73 Å². The van der Waals surface area contributed by atoms with Crippen LogP contribution in [0.3, 0.4) is 0 Å². The van der Waals surface area contributed by atoms with E-state index in [1.807, 2.05) is 11.9 Å². The van der Waals surface area contributed by atoms with Gasteiger partial charge in [-0.15, -0.1) is 0 Å². The monoisotopic (exact) mass is 192 g/mol. The van der Waals surface area contributed by atoms with Crippen molar-refractivity contribution in [3.63, 3.8) is 0 Å². The Balaban J connectivity index is 2.55. The SMILES string of the molecule is CN1CCCCC1C(CN)C(F)F. The van der Waals surface area contributed by atoms with E-state index in [1.165, 1.54) is 0 Å². The molecule has 1 rings (SSSR count). The third-order valence-corrected chi connectivity index (χ3v) is 2.92. The lowest BCUT2D eigenvalue weighted by Crippen LogP contribution is -2.46.